The number of nitrogens with one attached hydrogen (secondary N) is 1. The van der Waals surface area contributed by atoms with Gasteiger partial charge in [0.15, 0.2) is 0 Å². The maximum absolute atomic E-state index is 12.7. The zero-order valence-electron chi connectivity index (χ0n) is 15.9. The largest absolute Gasteiger partial charge is 0.465 e. The van der Waals surface area contributed by atoms with Crippen LogP contribution in [-0.2, 0) is 19.6 Å². The number of rotatable bonds is 6. The molecule has 1 atom stereocenters. The van der Waals surface area contributed by atoms with Crippen molar-refractivity contribution in [3.8, 4) is 0 Å². The second-order valence-corrected chi connectivity index (χ2v) is 8.50. The normalized spacial score (nSPS) is 12.2. The molecule has 0 aliphatic carbocycles. The first-order valence-corrected chi connectivity index (χ1v) is 10.5. The SMILES string of the molecule is COC(=O)c1cccc(NC(=O)[C@@H](C)N(c2ccc(C)c(Cl)c2)S(C)(=O)=O)c1. The Balaban J connectivity index is 2.32. The Kier molecular flexibility index (Phi) is 6.69. The van der Waals surface area contributed by atoms with Crippen molar-refractivity contribution in [1.82, 2.24) is 0 Å². The summed E-state index contributed by atoms with van der Waals surface area (Å²) in [6, 6.07) is 9.87. The molecule has 0 fully saturated rings. The average molecular weight is 425 g/mol. The number of ether oxygens (including phenoxy) is 1. The molecule has 28 heavy (non-hydrogen) atoms. The van der Waals surface area contributed by atoms with Crippen LogP contribution in [0, 0.1) is 6.92 Å². The van der Waals surface area contributed by atoms with E-state index in [1.54, 1.807) is 37.3 Å². The van der Waals surface area contributed by atoms with Crippen LogP contribution in [-0.4, -0.2) is 39.7 Å². The Morgan fingerprint density at radius 3 is 2.43 bits per heavy atom. The van der Waals surface area contributed by atoms with Gasteiger partial charge in [-0.1, -0.05) is 23.7 Å². The zero-order chi connectivity index (χ0) is 21.1. The van der Waals surface area contributed by atoms with Gasteiger partial charge in [0.25, 0.3) is 0 Å². The molecule has 0 aliphatic rings. The lowest BCUT2D eigenvalue weighted by Crippen LogP contribution is -2.45. The molecule has 7 nitrogen and oxygen atoms in total. The van der Waals surface area contributed by atoms with Crippen LogP contribution in [0.4, 0.5) is 11.4 Å². The van der Waals surface area contributed by atoms with Crippen LogP contribution in [0.15, 0.2) is 42.5 Å². The second-order valence-electron chi connectivity index (χ2n) is 6.23. The molecule has 1 N–H and O–H groups in total. The molecule has 9 heteroatoms. The molecule has 0 radical (unpaired) electrons. The highest BCUT2D eigenvalue weighted by atomic mass is 35.5. The number of hydrogen-bond acceptors (Lipinski definition) is 5. The number of carbonyl (C=O) groups excluding carboxylic acids is 2. The van der Waals surface area contributed by atoms with Crippen molar-refractivity contribution in [2.24, 2.45) is 0 Å². The molecule has 0 bridgehead atoms. The van der Waals surface area contributed by atoms with E-state index in [9.17, 15) is 18.0 Å². The monoisotopic (exact) mass is 424 g/mol. The van der Waals surface area contributed by atoms with Crippen molar-refractivity contribution in [2.75, 3.05) is 23.0 Å². The molecule has 2 rings (SSSR count). The van der Waals surface area contributed by atoms with Crippen molar-refractivity contribution >= 4 is 44.9 Å². The lowest BCUT2D eigenvalue weighted by molar-refractivity contribution is -0.116. The topological polar surface area (TPSA) is 92.8 Å². The Labute approximate surface area is 169 Å². The number of esters is 1. The van der Waals surface area contributed by atoms with Gasteiger partial charge in [0, 0.05) is 10.7 Å². The number of anilines is 2. The number of methoxy groups -OCH3 is 1. The number of aryl methyl sites for hydroxylation is 1. The minimum atomic E-state index is -3.77. The minimum absolute atomic E-state index is 0.262. The maximum Gasteiger partial charge on any atom is 0.337 e. The van der Waals surface area contributed by atoms with Crippen LogP contribution >= 0.6 is 11.6 Å². The molecule has 0 unspecified atom stereocenters. The van der Waals surface area contributed by atoms with E-state index in [4.69, 9.17) is 11.6 Å². The van der Waals surface area contributed by atoms with Crippen LogP contribution in [0.3, 0.4) is 0 Å². The van der Waals surface area contributed by atoms with Crippen molar-refractivity contribution in [1.29, 1.82) is 0 Å². The molecule has 0 saturated heterocycles. The van der Waals surface area contributed by atoms with Gasteiger partial charge in [-0.05, 0) is 49.7 Å². The highest BCUT2D eigenvalue weighted by Gasteiger charge is 2.29. The van der Waals surface area contributed by atoms with Crippen molar-refractivity contribution in [3.63, 3.8) is 0 Å². The van der Waals surface area contributed by atoms with E-state index in [0.717, 1.165) is 16.1 Å². The summed E-state index contributed by atoms with van der Waals surface area (Å²) in [7, 11) is -2.51. The van der Waals surface area contributed by atoms with E-state index in [1.807, 2.05) is 0 Å². The molecular formula is C19H21ClN2O5S. The molecule has 1 amide bonds. The average Bonchev–Trinajstić information content (AvgIpc) is 2.63. The summed E-state index contributed by atoms with van der Waals surface area (Å²) < 4.78 is 30.4. The van der Waals surface area contributed by atoms with Gasteiger partial charge < -0.3 is 10.1 Å². The third-order valence-corrected chi connectivity index (χ3v) is 5.70. The quantitative estimate of drug-likeness (QED) is 0.718. The fourth-order valence-electron chi connectivity index (χ4n) is 2.62. The Bertz CT molecular complexity index is 1010. The van der Waals surface area contributed by atoms with Gasteiger partial charge in [0.1, 0.15) is 6.04 Å². The number of nitrogens with zero attached hydrogens (tertiary/aromatic N) is 1. The minimum Gasteiger partial charge on any atom is -0.465 e. The van der Waals surface area contributed by atoms with Gasteiger partial charge in [-0.3, -0.25) is 9.10 Å². The number of benzene rings is 2. The van der Waals surface area contributed by atoms with Crippen molar-refractivity contribution < 1.29 is 22.7 Å². The van der Waals surface area contributed by atoms with Crippen LogP contribution in [0.2, 0.25) is 5.02 Å². The third-order valence-electron chi connectivity index (χ3n) is 4.05. The number of amides is 1. The third kappa shape index (κ3) is 5.02. The van der Waals surface area contributed by atoms with E-state index in [-0.39, 0.29) is 11.3 Å². The van der Waals surface area contributed by atoms with Gasteiger partial charge in [0.05, 0.1) is 24.6 Å². The summed E-state index contributed by atoms with van der Waals surface area (Å²) in [6.07, 6.45) is 1.02. The summed E-state index contributed by atoms with van der Waals surface area (Å²) in [4.78, 5) is 24.3. The van der Waals surface area contributed by atoms with Crippen molar-refractivity contribution in [3.05, 3.63) is 58.6 Å². The van der Waals surface area contributed by atoms with Gasteiger partial charge in [0.2, 0.25) is 15.9 Å². The van der Waals surface area contributed by atoms with Crippen LogP contribution in [0.5, 0.6) is 0 Å². The second kappa shape index (κ2) is 8.62. The fraction of sp³-hybridized carbons (Fsp3) is 0.263. The first-order chi connectivity index (χ1) is 13.0. The van der Waals surface area contributed by atoms with Crippen LogP contribution in [0.1, 0.15) is 22.8 Å². The summed E-state index contributed by atoms with van der Waals surface area (Å²) in [5.74, 6) is -1.11. The first-order valence-electron chi connectivity index (χ1n) is 8.29. The highest BCUT2D eigenvalue weighted by molar-refractivity contribution is 7.92. The molecule has 0 saturated carbocycles. The molecule has 2 aromatic rings. The Hall–Kier alpha value is -2.58. The van der Waals surface area contributed by atoms with Gasteiger partial charge >= 0.3 is 5.97 Å². The maximum atomic E-state index is 12.7. The number of sulfonamides is 1. The highest BCUT2D eigenvalue weighted by Crippen LogP contribution is 2.27. The fourth-order valence-corrected chi connectivity index (χ4v) is 3.96. The lowest BCUT2D eigenvalue weighted by atomic mass is 10.2. The zero-order valence-corrected chi connectivity index (χ0v) is 17.5. The van der Waals surface area contributed by atoms with Gasteiger partial charge in [-0.2, -0.15) is 0 Å². The van der Waals surface area contributed by atoms with Crippen molar-refractivity contribution in [2.45, 2.75) is 19.9 Å². The number of carbonyl (C=O) groups is 2. The van der Waals surface area contributed by atoms with Gasteiger partial charge in [-0.25, -0.2) is 13.2 Å². The van der Waals surface area contributed by atoms with E-state index in [0.29, 0.717) is 10.7 Å². The number of hydrogen-bond donors (Lipinski definition) is 1. The lowest BCUT2D eigenvalue weighted by Gasteiger charge is -2.28. The standard InChI is InChI=1S/C19H21ClN2O5S/c1-12-8-9-16(11-17(12)20)22(28(4,25)26)13(2)18(23)21-15-7-5-6-14(10-15)19(24)27-3/h5-11,13H,1-4H3,(H,21,23)/t13-/m1/s1. The first kappa shape index (κ1) is 21.7. The molecule has 0 aromatic heterocycles. The van der Waals surface area contributed by atoms with Crippen LogP contribution in [0.25, 0.3) is 0 Å². The van der Waals surface area contributed by atoms with E-state index < -0.39 is 27.9 Å². The number of halogens is 1. The smallest absolute Gasteiger partial charge is 0.337 e. The van der Waals surface area contributed by atoms with Crippen LogP contribution < -0.4 is 9.62 Å². The predicted octanol–water partition coefficient (Wildman–Crippen LogP) is 3.23. The molecule has 2 aromatic carbocycles. The summed E-state index contributed by atoms with van der Waals surface area (Å²) in [5, 5.41) is 3.02. The summed E-state index contributed by atoms with van der Waals surface area (Å²) in [5.41, 5.74) is 1.67. The van der Waals surface area contributed by atoms with E-state index >= 15 is 0 Å². The molecule has 150 valence electrons. The molecule has 0 heterocycles. The predicted molar refractivity (Wildman–Crippen MR) is 109 cm³/mol. The Morgan fingerprint density at radius 1 is 1.18 bits per heavy atom. The van der Waals surface area contributed by atoms with Gasteiger partial charge in [-0.15, -0.1) is 0 Å². The van der Waals surface area contributed by atoms with E-state index in [1.165, 1.54) is 26.2 Å². The molecule has 0 spiro atoms. The summed E-state index contributed by atoms with van der Waals surface area (Å²) in [6.45, 7) is 3.26. The van der Waals surface area contributed by atoms with E-state index in [2.05, 4.69) is 10.1 Å². The summed E-state index contributed by atoms with van der Waals surface area (Å²) >= 11 is 6.12. The molecular weight excluding hydrogens is 404 g/mol. The Morgan fingerprint density at radius 2 is 1.86 bits per heavy atom. The molecule has 0 aliphatic heterocycles.